The fraction of sp³-hybridized carbons (Fsp3) is 0.929. The normalized spacial score (nSPS) is 45.6. The molecule has 1 N–H and O–H groups in total. The first-order valence-electron chi connectivity index (χ1n) is 10.1. The molecular formula is C14H33NO2. The number of nitrogens with zero attached hydrogens (tertiary/aromatic N) is 1. The SMILES string of the molecule is [3H]OC(=O)C1CC(C)(CC)N(C)C(C)(CC)C1C.[3H][3H].[3H][3H].[3H][3H]. The minimum atomic E-state index is -0.380. The van der Waals surface area contributed by atoms with Gasteiger partial charge in [-0.3, -0.25) is 9.69 Å². The second kappa shape index (κ2) is 4.60. The van der Waals surface area contributed by atoms with E-state index in [0.717, 1.165) is 19.3 Å². The van der Waals surface area contributed by atoms with Crippen molar-refractivity contribution >= 4 is 5.97 Å². The average Bonchev–Trinajstić information content (AvgIpc) is 2.67. The van der Waals surface area contributed by atoms with Crippen LogP contribution in [0.15, 0.2) is 0 Å². The zero-order valence-electron chi connectivity index (χ0n) is 19.0. The van der Waals surface area contributed by atoms with E-state index in [0.29, 0.717) is 0 Å². The van der Waals surface area contributed by atoms with Crippen molar-refractivity contribution in [3.63, 3.8) is 0 Å². The fourth-order valence-electron chi connectivity index (χ4n) is 3.37. The van der Waals surface area contributed by atoms with Gasteiger partial charge in [-0.05, 0) is 46.1 Å². The number of aliphatic carboxylic acids is 1. The number of likely N-dealkylation sites (tertiary alicyclic amines) is 1. The van der Waals surface area contributed by atoms with Gasteiger partial charge in [0, 0.05) is 20.0 Å². The summed E-state index contributed by atoms with van der Waals surface area (Å²) in [6, 6.07) is 0. The van der Waals surface area contributed by atoms with Gasteiger partial charge in [0.15, 0.2) is 0 Å². The molecular weight excluding hydrogens is 214 g/mol. The number of piperidine rings is 1. The molecule has 0 spiro atoms. The first-order valence-corrected chi connectivity index (χ1v) is 6.67. The molecule has 1 rings (SSSR count). The molecule has 106 valence electrons. The number of hydrogen-bond acceptors (Lipinski definition) is 3. The molecule has 0 aromatic heterocycles. The average molecular weight is 261 g/mol. The van der Waals surface area contributed by atoms with Gasteiger partial charge in [0.05, 0.1) is 5.92 Å². The molecule has 0 saturated carbocycles. The maximum absolute atomic E-state index is 11.9. The van der Waals surface area contributed by atoms with E-state index in [4.69, 9.17) is 10.3 Å². The van der Waals surface area contributed by atoms with Gasteiger partial charge >= 0.3 is 5.97 Å². The fourth-order valence-corrected chi connectivity index (χ4v) is 3.37. The number of carboxylic acids is 1. The Balaban J connectivity index is -0.000000659. The van der Waals surface area contributed by atoms with E-state index in [-0.39, 0.29) is 28.9 Å². The van der Waals surface area contributed by atoms with Gasteiger partial charge in [0.2, 0.25) is 0 Å². The molecule has 17 heavy (non-hydrogen) atoms. The lowest BCUT2D eigenvalue weighted by molar-refractivity contribution is -0.158. The van der Waals surface area contributed by atoms with Gasteiger partial charge in [-0.2, -0.15) is 0 Å². The summed E-state index contributed by atoms with van der Waals surface area (Å²) in [4.78, 5) is 14.3. The Kier molecular flexibility index (Phi) is 2.54. The van der Waals surface area contributed by atoms with Crippen LogP contribution in [0.3, 0.4) is 0 Å². The predicted molar refractivity (Wildman–Crippen MR) is 76.4 cm³/mol. The van der Waals surface area contributed by atoms with E-state index in [1.807, 2.05) is 0 Å². The smallest absolute Gasteiger partial charge is 0.306 e. The Morgan fingerprint density at radius 2 is 2.18 bits per heavy atom. The lowest BCUT2D eigenvalue weighted by Crippen LogP contribution is -2.65. The van der Waals surface area contributed by atoms with E-state index in [1.165, 1.54) is 0 Å². The van der Waals surface area contributed by atoms with Crippen LogP contribution in [0.1, 0.15) is 62.8 Å². The van der Waals surface area contributed by atoms with Crippen LogP contribution in [0.2, 0.25) is 0 Å². The maximum atomic E-state index is 11.9. The van der Waals surface area contributed by atoms with Crippen molar-refractivity contribution in [2.75, 3.05) is 7.05 Å². The highest BCUT2D eigenvalue weighted by atomic mass is 16.4. The molecule has 0 aliphatic carbocycles. The lowest BCUT2D eigenvalue weighted by atomic mass is 9.64. The van der Waals surface area contributed by atoms with Crippen molar-refractivity contribution in [2.24, 2.45) is 11.8 Å². The van der Waals surface area contributed by atoms with Crippen molar-refractivity contribution in [3.05, 3.63) is 0 Å². The van der Waals surface area contributed by atoms with Crippen LogP contribution < -0.4 is 0 Å². The first kappa shape index (κ1) is 9.37. The number of hydrogen-bond donors (Lipinski definition) is 1. The van der Waals surface area contributed by atoms with Gasteiger partial charge in [0.25, 0.3) is 1.43 Å². The molecule has 1 fully saturated rings. The van der Waals surface area contributed by atoms with E-state index in [1.54, 1.807) is 0 Å². The summed E-state index contributed by atoms with van der Waals surface area (Å²) in [5.74, 6) is -0.353. The number of carboxylic acid groups (broad SMARTS) is 1. The molecule has 3 heteroatoms. The van der Waals surface area contributed by atoms with Crippen LogP contribution >= 0.6 is 0 Å². The predicted octanol–water partition coefficient (Wildman–Crippen LogP) is 3.73. The second-order valence-corrected chi connectivity index (χ2v) is 6.04. The van der Waals surface area contributed by atoms with Gasteiger partial charge in [-0.15, -0.1) is 0 Å². The lowest BCUT2D eigenvalue weighted by Gasteiger charge is -2.58. The number of rotatable bonds is 3. The van der Waals surface area contributed by atoms with Crippen molar-refractivity contribution in [1.29, 1.82) is 1.43 Å². The monoisotopic (exact) mass is 261 g/mol. The summed E-state index contributed by atoms with van der Waals surface area (Å²) in [6.07, 6.45) is 2.75. The van der Waals surface area contributed by atoms with E-state index in [9.17, 15) is 4.79 Å². The van der Waals surface area contributed by atoms with Crippen molar-refractivity contribution in [1.82, 2.24) is 4.90 Å². The largest absolute Gasteiger partial charge is 0.481 e. The Hall–Kier alpha value is -0.570. The Labute approximate surface area is 116 Å². The quantitative estimate of drug-likeness (QED) is 0.841. The molecule has 4 atom stereocenters. The zero-order chi connectivity index (χ0) is 20.1. The summed E-state index contributed by atoms with van der Waals surface area (Å²) in [5.41, 5.74) is -0.0298. The molecule has 0 amide bonds. The highest BCUT2D eigenvalue weighted by molar-refractivity contribution is 5.71. The standard InChI is InChI=1S/C14H27NO2.3H2/c1-7-13(4)9-11(12(16)17)10(3)14(5,8-2)15(13)6;;;/h10-11H,7-9H2,1-6H3,(H,16,17);3*1H/i;3*1+2T/hT. The van der Waals surface area contributed by atoms with E-state index < -0.39 is 0 Å². The molecule has 1 heterocycles. The zero-order valence-corrected chi connectivity index (χ0v) is 12.0. The third-order valence-electron chi connectivity index (χ3n) is 5.60. The third-order valence-corrected chi connectivity index (χ3v) is 5.60. The molecule has 1 saturated heterocycles. The Bertz CT molecular complexity index is 338. The topological polar surface area (TPSA) is 40.5 Å². The van der Waals surface area contributed by atoms with Crippen molar-refractivity contribution in [3.8, 4) is 0 Å². The van der Waals surface area contributed by atoms with E-state index >= 15 is 0 Å². The van der Waals surface area contributed by atoms with Crippen LogP contribution in [-0.4, -0.2) is 34.1 Å². The minimum Gasteiger partial charge on any atom is -0.481 e. The minimum absolute atomic E-state index is 0.00384. The van der Waals surface area contributed by atoms with Gasteiger partial charge in [0.1, 0.15) is 0 Å². The van der Waals surface area contributed by atoms with Crippen LogP contribution in [-0.2, 0) is 4.79 Å². The summed E-state index contributed by atoms with van der Waals surface area (Å²) in [5, 5.41) is 4.26. The summed E-state index contributed by atoms with van der Waals surface area (Å²) >= 11 is 0. The van der Waals surface area contributed by atoms with Crippen LogP contribution in [0.25, 0.3) is 1.43 Å². The molecule has 1 aliphatic rings. The Morgan fingerprint density at radius 3 is 2.59 bits per heavy atom. The molecule has 0 aromatic rings. The van der Waals surface area contributed by atoms with Crippen LogP contribution in [0, 0.1) is 11.8 Å². The molecule has 0 aromatic carbocycles. The summed E-state index contributed by atoms with van der Waals surface area (Å²) in [7, 11) is 2.16. The highest BCUT2D eigenvalue weighted by Crippen LogP contribution is 2.47. The van der Waals surface area contributed by atoms with Crippen LogP contribution in [0.4, 0.5) is 0 Å². The molecule has 0 bridgehead atoms. The third kappa shape index (κ3) is 2.10. The molecule has 0 radical (unpaired) electrons. The Morgan fingerprint density at radius 1 is 1.59 bits per heavy atom. The second-order valence-electron chi connectivity index (χ2n) is 6.04. The first-order chi connectivity index (χ1) is 11.3. The van der Waals surface area contributed by atoms with Gasteiger partial charge in [-0.25, -0.2) is 0 Å². The van der Waals surface area contributed by atoms with E-state index in [2.05, 4.69) is 51.7 Å². The van der Waals surface area contributed by atoms with Crippen molar-refractivity contribution in [2.45, 2.75) is 65.0 Å². The molecule has 3 nitrogen and oxygen atoms in total. The van der Waals surface area contributed by atoms with Gasteiger partial charge in [-0.1, -0.05) is 20.8 Å². The summed E-state index contributed by atoms with van der Waals surface area (Å²) < 4.78 is 36.9. The maximum Gasteiger partial charge on any atom is 0.306 e. The highest BCUT2D eigenvalue weighted by Gasteiger charge is 2.52. The summed E-state index contributed by atoms with van der Waals surface area (Å²) in [6.45, 7) is 10.9. The molecule has 1 aliphatic heterocycles. The van der Waals surface area contributed by atoms with Gasteiger partial charge < -0.3 is 5.11 Å². The molecule has 4 unspecified atom stereocenters. The van der Waals surface area contributed by atoms with Crippen LogP contribution in [0.5, 0.6) is 0 Å². The van der Waals surface area contributed by atoms with Crippen molar-refractivity contribution < 1.29 is 18.8 Å². The number of carbonyl (C=O) groups is 1.